The minimum Gasteiger partial charge on any atom is -0.495 e. The minimum atomic E-state index is -4.06. The Morgan fingerprint density at radius 1 is 1.06 bits per heavy atom. The van der Waals surface area contributed by atoms with E-state index in [1.165, 1.54) is 25.5 Å². The van der Waals surface area contributed by atoms with E-state index in [0.717, 1.165) is 25.6 Å². The van der Waals surface area contributed by atoms with Gasteiger partial charge >= 0.3 is 0 Å². The molecule has 1 N–H and O–H groups in total. The van der Waals surface area contributed by atoms with Crippen LogP contribution in [0.15, 0.2) is 81.2 Å². The van der Waals surface area contributed by atoms with Crippen LogP contribution in [0.1, 0.15) is 11.1 Å². The number of aryl methyl sites for hydroxylation is 1. The molecule has 35 heavy (non-hydrogen) atoms. The van der Waals surface area contributed by atoms with Gasteiger partial charge < -0.3 is 9.64 Å². The molecule has 0 heterocycles. The van der Waals surface area contributed by atoms with Crippen LogP contribution < -0.4 is 19.4 Å². The number of hydrazone groups is 1. The lowest BCUT2D eigenvalue weighted by molar-refractivity contribution is -0.119. The lowest BCUT2D eigenvalue weighted by atomic mass is 10.2. The van der Waals surface area contributed by atoms with Crippen molar-refractivity contribution in [2.75, 3.05) is 37.0 Å². The fourth-order valence-electron chi connectivity index (χ4n) is 3.32. The highest BCUT2D eigenvalue weighted by Gasteiger charge is 2.29. The van der Waals surface area contributed by atoms with Crippen LogP contribution in [0.5, 0.6) is 5.75 Å². The van der Waals surface area contributed by atoms with E-state index in [4.69, 9.17) is 4.74 Å². The van der Waals surface area contributed by atoms with Gasteiger partial charge in [-0.25, -0.2) is 13.8 Å². The highest BCUT2D eigenvalue weighted by Crippen LogP contribution is 2.33. The third kappa shape index (κ3) is 6.40. The summed E-state index contributed by atoms with van der Waals surface area (Å²) in [6.07, 6.45) is 1.49. The Morgan fingerprint density at radius 2 is 1.77 bits per heavy atom. The maximum Gasteiger partial charge on any atom is 0.264 e. The summed E-state index contributed by atoms with van der Waals surface area (Å²) in [5.74, 6) is -0.273. The first-order chi connectivity index (χ1) is 16.6. The number of carbonyl (C=O) groups is 1. The summed E-state index contributed by atoms with van der Waals surface area (Å²) in [6.45, 7) is 1.35. The van der Waals surface area contributed by atoms with Gasteiger partial charge in [-0.05, 0) is 70.4 Å². The Morgan fingerprint density at radius 3 is 2.40 bits per heavy atom. The van der Waals surface area contributed by atoms with Crippen LogP contribution in [-0.2, 0) is 14.8 Å². The predicted molar refractivity (Wildman–Crippen MR) is 143 cm³/mol. The summed E-state index contributed by atoms with van der Waals surface area (Å²) < 4.78 is 34.3. The number of methoxy groups -OCH3 is 1. The number of hydrogen-bond acceptors (Lipinski definition) is 6. The lowest BCUT2D eigenvalue weighted by Gasteiger charge is -2.25. The number of rotatable bonds is 9. The number of hydrogen-bond donors (Lipinski definition) is 1. The number of nitrogens with one attached hydrogen (secondary N) is 1. The number of sulfonamides is 1. The molecular formula is C25H27BrN4O4S. The summed E-state index contributed by atoms with van der Waals surface area (Å²) in [4.78, 5) is 14.8. The molecule has 0 spiro atoms. The molecule has 0 saturated carbocycles. The monoisotopic (exact) mass is 558 g/mol. The molecule has 3 rings (SSSR count). The molecule has 0 aliphatic rings. The molecule has 184 valence electrons. The van der Waals surface area contributed by atoms with Gasteiger partial charge in [0.2, 0.25) is 0 Å². The first-order valence-electron chi connectivity index (χ1n) is 10.6. The Hall–Kier alpha value is -3.37. The largest absolute Gasteiger partial charge is 0.495 e. The Balaban J connectivity index is 1.87. The van der Waals surface area contributed by atoms with E-state index >= 15 is 0 Å². The number of amides is 1. The molecule has 0 radical (unpaired) electrons. The van der Waals surface area contributed by atoms with Gasteiger partial charge in [0.25, 0.3) is 15.9 Å². The van der Waals surface area contributed by atoms with Gasteiger partial charge in [-0.15, -0.1) is 0 Å². The van der Waals surface area contributed by atoms with Gasteiger partial charge in [0.05, 0.1) is 29.6 Å². The maximum absolute atomic E-state index is 13.5. The molecule has 0 aliphatic carbocycles. The second kappa shape index (κ2) is 11.4. The van der Waals surface area contributed by atoms with Crippen LogP contribution >= 0.6 is 15.9 Å². The highest BCUT2D eigenvalue weighted by molar-refractivity contribution is 9.10. The Bertz CT molecular complexity index is 1330. The summed E-state index contributed by atoms with van der Waals surface area (Å²) in [7, 11) is 1.26. The molecule has 0 unspecified atom stereocenters. The number of carbonyl (C=O) groups excluding carboxylic acids is 1. The highest BCUT2D eigenvalue weighted by atomic mass is 79.9. The van der Waals surface area contributed by atoms with Gasteiger partial charge in [-0.3, -0.25) is 9.10 Å². The van der Waals surface area contributed by atoms with E-state index in [9.17, 15) is 13.2 Å². The van der Waals surface area contributed by atoms with Crippen LogP contribution in [0.25, 0.3) is 0 Å². The summed E-state index contributed by atoms with van der Waals surface area (Å²) in [5, 5.41) is 4.01. The predicted octanol–water partition coefficient (Wildman–Crippen LogP) is 4.18. The van der Waals surface area contributed by atoms with Crippen molar-refractivity contribution in [2.45, 2.75) is 11.8 Å². The zero-order valence-electron chi connectivity index (χ0n) is 19.9. The fourth-order valence-corrected chi connectivity index (χ4v) is 5.52. The van der Waals surface area contributed by atoms with E-state index in [0.29, 0.717) is 5.75 Å². The first kappa shape index (κ1) is 26.2. The molecule has 3 aromatic rings. The van der Waals surface area contributed by atoms with Crippen LogP contribution in [0.3, 0.4) is 0 Å². The average Bonchev–Trinajstić information content (AvgIpc) is 2.83. The van der Waals surface area contributed by atoms with Crippen molar-refractivity contribution in [2.24, 2.45) is 5.10 Å². The van der Waals surface area contributed by atoms with Crippen molar-refractivity contribution < 1.29 is 17.9 Å². The summed E-state index contributed by atoms with van der Waals surface area (Å²) in [6, 6.07) is 18.7. The molecule has 0 atom stereocenters. The van der Waals surface area contributed by atoms with Crippen LogP contribution in [-0.4, -0.2) is 48.3 Å². The van der Waals surface area contributed by atoms with Crippen LogP contribution in [0.2, 0.25) is 0 Å². The van der Waals surface area contributed by atoms with Gasteiger partial charge in [0, 0.05) is 18.6 Å². The maximum atomic E-state index is 13.5. The second-order valence-electron chi connectivity index (χ2n) is 7.90. The third-order valence-electron chi connectivity index (χ3n) is 5.08. The van der Waals surface area contributed by atoms with E-state index in [2.05, 4.69) is 26.5 Å². The van der Waals surface area contributed by atoms with Gasteiger partial charge in [0.1, 0.15) is 12.3 Å². The molecule has 10 heteroatoms. The van der Waals surface area contributed by atoms with Gasteiger partial charge in [0.15, 0.2) is 0 Å². The van der Waals surface area contributed by atoms with Crippen molar-refractivity contribution in [3.05, 3.63) is 82.3 Å². The van der Waals surface area contributed by atoms with Crippen molar-refractivity contribution in [3.8, 4) is 5.75 Å². The minimum absolute atomic E-state index is 0.0608. The molecule has 0 bridgehead atoms. The van der Waals surface area contributed by atoms with Crippen LogP contribution in [0, 0.1) is 6.92 Å². The van der Waals surface area contributed by atoms with Crippen molar-refractivity contribution in [1.29, 1.82) is 0 Å². The van der Waals surface area contributed by atoms with E-state index in [1.807, 2.05) is 44.1 Å². The molecule has 0 saturated heterocycles. The summed E-state index contributed by atoms with van der Waals surface area (Å²) >= 11 is 3.51. The molecule has 0 aliphatic heterocycles. The molecule has 1 amide bonds. The first-order valence-corrected chi connectivity index (χ1v) is 12.9. The molecule has 3 aromatic carbocycles. The van der Waals surface area contributed by atoms with Crippen molar-refractivity contribution in [1.82, 2.24) is 5.43 Å². The fraction of sp³-hybridized carbons (Fsp3) is 0.200. The number of nitrogens with zero attached hydrogens (tertiary/aromatic N) is 3. The molecular weight excluding hydrogens is 532 g/mol. The third-order valence-corrected chi connectivity index (χ3v) is 7.49. The number of halogens is 1. The van der Waals surface area contributed by atoms with E-state index in [1.54, 1.807) is 36.4 Å². The van der Waals surface area contributed by atoms with Crippen molar-refractivity contribution in [3.63, 3.8) is 0 Å². The quantitative estimate of drug-likeness (QED) is 0.314. The summed E-state index contributed by atoms with van der Waals surface area (Å²) in [5.41, 5.74) is 5.26. The average molecular weight is 559 g/mol. The Kier molecular flexibility index (Phi) is 8.52. The van der Waals surface area contributed by atoms with Crippen LogP contribution in [0.4, 0.5) is 11.4 Å². The molecule has 0 aromatic heterocycles. The zero-order chi connectivity index (χ0) is 25.6. The van der Waals surface area contributed by atoms with E-state index < -0.39 is 22.5 Å². The lowest BCUT2D eigenvalue weighted by Crippen LogP contribution is -2.39. The smallest absolute Gasteiger partial charge is 0.264 e. The standard InChI is InChI=1S/C25H27BrN4O4S/c1-18-10-13-24(34-4)23(14-18)30(35(32,33)20-8-6-5-7-9-20)17-25(31)28-27-16-19-11-12-22(29(2)3)21(26)15-19/h5-16H,17H2,1-4H3,(H,28,31)/b27-16-. The Labute approximate surface area is 214 Å². The number of ether oxygens (including phenoxy) is 1. The molecule has 0 fully saturated rings. The number of benzene rings is 3. The topological polar surface area (TPSA) is 91.3 Å². The number of anilines is 2. The van der Waals surface area contributed by atoms with Crippen molar-refractivity contribution >= 4 is 49.4 Å². The normalized spacial score (nSPS) is 11.3. The second-order valence-corrected chi connectivity index (χ2v) is 10.6. The van der Waals surface area contributed by atoms with Gasteiger partial charge in [-0.1, -0.05) is 30.3 Å². The zero-order valence-corrected chi connectivity index (χ0v) is 22.3. The van der Waals surface area contributed by atoms with E-state index in [-0.39, 0.29) is 10.6 Å². The molecule has 8 nitrogen and oxygen atoms in total. The van der Waals surface area contributed by atoms with Gasteiger partial charge in [-0.2, -0.15) is 5.10 Å². The SMILES string of the molecule is COc1ccc(C)cc1N(CC(=O)N/N=C\c1ccc(N(C)C)c(Br)c1)S(=O)(=O)c1ccccc1.